The molecule has 0 aliphatic carbocycles. The summed E-state index contributed by atoms with van der Waals surface area (Å²) in [7, 11) is 0. The highest BCUT2D eigenvalue weighted by Crippen LogP contribution is 2.12. The van der Waals surface area contributed by atoms with Crippen molar-refractivity contribution in [1.29, 1.82) is 0 Å². The van der Waals surface area contributed by atoms with Gasteiger partial charge in [-0.25, -0.2) is 0 Å². The third-order valence-corrected chi connectivity index (χ3v) is 3.76. The molecule has 2 atom stereocenters. The molecular formula is C13H23N3O2. The second-order valence-electron chi connectivity index (χ2n) is 5.29. The molecule has 0 aromatic carbocycles. The first-order valence-corrected chi connectivity index (χ1v) is 7.03. The molecule has 0 bridgehead atoms. The monoisotopic (exact) mass is 253 g/mol. The van der Waals surface area contributed by atoms with Crippen molar-refractivity contribution in [2.45, 2.75) is 57.0 Å². The van der Waals surface area contributed by atoms with Crippen molar-refractivity contribution in [3.05, 3.63) is 0 Å². The average molecular weight is 253 g/mol. The topological polar surface area (TPSA) is 70.2 Å². The molecule has 0 aromatic heterocycles. The normalized spacial score (nSPS) is 28.6. The summed E-state index contributed by atoms with van der Waals surface area (Å²) in [4.78, 5) is 22.8. The van der Waals surface area contributed by atoms with Crippen LogP contribution in [0.4, 0.5) is 0 Å². The Kier molecular flexibility index (Phi) is 4.99. The standard InChI is InChI=1S/C13H23N3O2/c17-12-6-5-11(9-15-12)16-13(18)7-4-10-3-1-2-8-14-10/h10-11,14H,1-9H2,(H,15,17)(H,16,18). The Labute approximate surface area is 108 Å². The van der Waals surface area contributed by atoms with Crippen LogP contribution in [0.1, 0.15) is 44.9 Å². The van der Waals surface area contributed by atoms with Gasteiger partial charge in [-0.3, -0.25) is 9.59 Å². The van der Waals surface area contributed by atoms with Gasteiger partial charge in [-0.15, -0.1) is 0 Å². The number of amides is 2. The van der Waals surface area contributed by atoms with Crippen molar-refractivity contribution >= 4 is 11.8 Å². The molecule has 2 rings (SSSR count). The van der Waals surface area contributed by atoms with Crippen LogP contribution in [-0.2, 0) is 9.59 Å². The number of hydrogen-bond acceptors (Lipinski definition) is 3. The van der Waals surface area contributed by atoms with Crippen LogP contribution in [0.5, 0.6) is 0 Å². The average Bonchev–Trinajstić information content (AvgIpc) is 2.40. The predicted octanol–water partition coefficient (Wildman–Crippen LogP) is 0.304. The van der Waals surface area contributed by atoms with E-state index in [0.29, 0.717) is 25.4 Å². The SMILES string of the molecule is O=C1CCC(NC(=O)CCC2CCCCN2)CN1. The maximum absolute atomic E-state index is 11.8. The summed E-state index contributed by atoms with van der Waals surface area (Å²) in [6.07, 6.45) is 6.51. The molecule has 2 fully saturated rings. The zero-order valence-corrected chi connectivity index (χ0v) is 10.8. The lowest BCUT2D eigenvalue weighted by Gasteiger charge is -2.25. The molecule has 2 amide bonds. The number of rotatable bonds is 4. The minimum absolute atomic E-state index is 0.0897. The maximum atomic E-state index is 11.8. The van der Waals surface area contributed by atoms with E-state index in [9.17, 15) is 9.59 Å². The summed E-state index contributed by atoms with van der Waals surface area (Å²) in [6, 6.07) is 0.630. The predicted molar refractivity (Wildman–Crippen MR) is 69.1 cm³/mol. The molecular weight excluding hydrogens is 230 g/mol. The molecule has 5 nitrogen and oxygen atoms in total. The molecule has 102 valence electrons. The van der Waals surface area contributed by atoms with Crippen LogP contribution in [-0.4, -0.2) is 37.0 Å². The lowest BCUT2D eigenvalue weighted by molar-refractivity contribution is -0.125. The summed E-state index contributed by atoms with van der Waals surface area (Å²) in [6.45, 7) is 1.66. The Morgan fingerprint density at radius 2 is 2.22 bits per heavy atom. The molecule has 3 N–H and O–H groups in total. The van der Waals surface area contributed by atoms with Crippen molar-refractivity contribution in [2.24, 2.45) is 0 Å². The van der Waals surface area contributed by atoms with Crippen LogP contribution in [0.25, 0.3) is 0 Å². The first-order chi connectivity index (χ1) is 8.74. The van der Waals surface area contributed by atoms with E-state index < -0.39 is 0 Å². The van der Waals surface area contributed by atoms with Crippen LogP contribution in [0.15, 0.2) is 0 Å². The lowest BCUT2D eigenvalue weighted by atomic mass is 10.00. The van der Waals surface area contributed by atoms with Crippen LogP contribution in [0.2, 0.25) is 0 Å². The first-order valence-electron chi connectivity index (χ1n) is 7.03. The van der Waals surface area contributed by atoms with Gasteiger partial charge in [0.2, 0.25) is 11.8 Å². The molecule has 0 saturated carbocycles. The molecule has 2 aliphatic rings. The molecule has 2 unspecified atom stereocenters. The number of piperidine rings is 2. The molecule has 0 aromatic rings. The minimum atomic E-state index is 0.0897. The maximum Gasteiger partial charge on any atom is 0.220 e. The zero-order chi connectivity index (χ0) is 12.8. The molecule has 0 radical (unpaired) electrons. The number of carbonyl (C=O) groups is 2. The fourth-order valence-corrected chi connectivity index (χ4v) is 2.63. The Morgan fingerprint density at radius 3 is 2.89 bits per heavy atom. The van der Waals surface area contributed by atoms with Gasteiger partial charge in [0.05, 0.1) is 0 Å². The lowest BCUT2D eigenvalue weighted by Crippen LogP contribution is -2.48. The first kappa shape index (κ1) is 13.3. The molecule has 18 heavy (non-hydrogen) atoms. The van der Waals surface area contributed by atoms with E-state index in [4.69, 9.17) is 0 Å². The minimum Gasteiger partial charge on any atom is -0.354 e. The molecule has 2 saturated heterocycles. The van der Waals surface area contributed by atoms with Gasteiger partial charge in [0.25, 0.3) is 0 Å². The molecule has 0 spiro atoms. The molecule has 2 heterocycles. The smallest absolute Gasteiger partial charge is 0.220 e. The second-order valence-corrected chi connectivity index (χ2v) is 5.29. The molecule has 2 aliphatic heterocycles. The van der Waals surface area contributed by atoms with Gasteiger partial charge in [-0.05, 0) is 32.2 Å². The van der Waals surface area contributed by atoms with Gasteiger partial charge in [-0.1, -0.05) is 6.42 Å². The Hall–Kier alpha value is -1.10. The van der Waals surface area contributed by atoms with Gasteiger partial charge in [0.15, 0.2) is 0 Å². The van der Waals surface area contributed by atoms with Crippen molar-refractivity contribution in [1.82, 2.24) is 16.0 Å². The summed E-state index contributed by atoms with van der Waals surface area (Å²) >= 11 is 0. The van der Waals surface area contributed by atoms with Gasteiger partial charge in [-0.2, -0.15) is 0 Å². The van der Waals surface area contributed by atoms with Crippen molar-refractivity contribution in [2.75, 3.05) is 13.1 Å². The van der Waals surface area contributed by atoms with E-state index in [1.54, 1.807) is 0 Å². The third-order valence-electron chi connectivity index (χ3n) is 3.76. The van der Waals surface area contributed by atoms with Crippen molar-refractivity contribution in [3.63, 3.8) is 0 Å². The Morgan fingerprint density at radius 1 is 1.33 bits per heavy atom. The summed E-state index contributed by atoms with van der Waals surface area (Å²) in [5, 5.41) is 9.22. The second kappa shape index (κ2) is 6.73. The van der Waals surface area contributed by atoms with Crippen LogP contribution in [0.3, 0.4) is 0 Å². The van der Waals surface area contributed by atoms with Crippen LogP contribution < -0.4 is 16.0 Å². The highest BCUT2D eigenvalue weighted by Gasteiger charge is 2.20. The summed E-state index contributed by atoms with van der Waals surface area (Å²) < 4.78 is 0. The van der Waals surface area contributed by atoms with E-state index in [2.05, 4.69) is 16.0 Å². The summed E-state index contributed by atoms with van der Waals surface area (Å²) in [5.41, 5.74) is 0. The van der Waals surface area contributed by atoms with Gasteiger partial charge in [0, 0.05) is 31.5 Å². The van der Waals surface area contributed by atoms with E-state index in [1.165, 1.54) is 19.3 Å². The van der Waals surface area contributed by atoms with Crippen LogP contribution >= 0.6 is 0 Å². The van der Waals surface area contributed by atoms with Crippen LogP contribution in [0, 0.1) is 0 Å². The highest BCUT2D eigenvalue weighted by molar-refractivity contribution is 5.78. The number of hydrogen-bond donors (Lipinski definition) is 3. The quantitative estimate of drug-likeness (QED) is 0.675. The molecule has 5 heteroatoms. The highest BCUT2D eigenvalue weighted by atomic mass is 16.2. The van der Waals surface area contributed by atoms with Gasteiger partial charge < -0.3 is 16.0 Å². The number of carbonyl (C=O) groups excluding carboxylic acids is 2. The Bertz CT molecular complexity index is 291. The zero-order valence-electron chi connectivity index (χ0n) is 10.8. The van der Waals surface area contributed by atoms with Gasteiger partial charge in [0.1, 0.15) is 0 Å². The fraction of sp³-hybridized carbons (Fsp3) is 0.846. The van der Waals surface area contributed by atoms with E-state index in [-0.39, 0.29) is 17.9 Å². The van der Waals surface area contributed by atoms with E-state index in [1.807, 2.05) is 0 Å². The number of nitrogens with one attached hydrogen (secondary N) is 3. The fourth-order valence-electron chi connectivity index (χ4n) is 2.63. The largest absolute Gasteiger partial charge is 0.354 e. The Balaban J connectivity index is 1.61. The van der Waals surface area contributed by atoms with Gasteiger partial charge >= 0.3 is 0 Å². The van der Waals surface area contributed by atoms with Crippen molar-refractivity contribution in [3.8, 4) is 0 Å². The summed E-state index contributed by atoms with van der Waals surface area (Å²) in [5.74, 6) is 0.204. The van der Waals surface area contributed by atoms with E-state index >= 15 is 0 Å². The van der Waals surface area contributed by atoms with E-state index in [0.717, 1.165) is 19.4 Å². The van der Waals surface area contributed by atoms with Crippen molar-refractivity contribution < 1.29 is 9.59 Å². The third kappa shape index (κ3) is 4.29.